The van der Waals surface area contributed by atoms with Gasteiger partial charge in [-0.25, -0.2) is 8.42 Å². The summed E-state index contributed by atoms with van der Waals surface area (Å²) in [5.41, 5.74) is 0.814. The smallest absolute Gasteiger partial charge is 0.264 e. The van der Waals surface area contributed by atoms with Crippen molar-refractivity contribution in [1.82, 2.24) is 5.32 Å². The number of hydrogen-bond acceptors (Lipinski definition) is 4. The first-order valence-electron chi connectivity index (χ1n) is 11.7. The molecule has 1 amide bonds. The highest BCUT2D eigenvalue weighted by molar-refractivity contribution is 7.92. The number of hydrogen-bond donors (Lipinski definition) is 1. The summed E-state index contributed by atoms with van der Waals surface area (Å²) < 4.78 is 34.5. The van der Waals surface area contributed by atoms with Crippen molar-refractivity contribution in [3.8, 4) is 5.75 Å². The first-order chi connectivity index (χ1) is 16.8. The zero-order valence-electron chi connectivity index (χ0n) is 19.8. The molecule has 0 bridgehead atoms. The maximum atomic E-state index is 13.5. The fourth-order valence-corrected chi connectivity index (χ4v) is 6.08. The third kappa shape index (κ3) is 5.31. The van der Waals surface area contributed by atoms with Gasteiger partial charge in [-0.15, -0.1) is 0 Å². The van der Waals surface area contributed by atoms with Gasteiger partial charge in [-0.05, 0) is 49.2 Å². The van der Waals surface area contributed by atoms with Gasteiger partial charge in [0.2, 0.25) is 5.91 Å². The van der Waals surface area contributed by atoms with Crippen LogP contribution in [0.25, 0.3) is 0 Å². The minimum Gasteiger partial charge on any atom is -0.487 e. The number of benzene rings is 3. The van der Waals surface area contributed by atoms with Crippen molar-refractivity contribution >= 4 is 33.2 Å². The average Bonchev–Trinajstić information content (AvgIpc) is 2.87. The Morgan fingerprint density at radius 1 is 1.03 bits per heavy atom. The molecule has 8 heteroatoms. The number of sulfonamides is 1. The van der Waals surface area contributed by atoms with Crippen LogP contribution in [0.4, 0.5) is 5.69 Å². The van der Waals surface area contributed by atoms with Gasteiger partial charge in [0.05, 0.1) is 16.6 Å². The lowest BCUT2D eigenvalue weighted by molar-refractivity contribution is -0.121. The summed E-state index contributed by atoms with van der Waals surface area (Å²) in [5, 5.41) is 3.46. The molecule has 1 heterocycles. The molecule has 1 atom stereocenters. The van der Waals surface area contributed by atoms with Gasteiger partial charge in [0.25, 0.3) is 10.0 Å². The van der Waals surface area contributed by atoms with Crippen LogP contribution in [-0.4, -0.2) is 26.5 Å². The van der Waals surface area contributed by atoms with E-state index < -0.39 is 21.5 Å². The lowest BCUT2D eigenvalue weighted by Gasteiger charge is -2.41. The molecule has 6 nitrogen and oxygen atoms in total. The van der Waals surface area contributed by atoms with Crippen LogP contribution < -0.4 is 14.4 Å². The van der Waals surface area contributed by atoms with Gasteiger partial charge < -0.3 is 10.1 Å². The number of anilines is 1. The highest BCUT2D eigenvalue weighted by Crippen LogP contribution is 2.42. The standard InChI is InChI=1S/C27H29ClN2O4S/c1-3-27(4-2)18-24(23-15-8-9-16-25(23)34-27)29-26(31)19-30(21-12-10-11-20(28)17-21)35(32,33)22-13-6-5-7-14-22/h5-17,24H,3-4,18-19H2,1-2H3,(H,29,31). The number of amides is 1. The van der Waals surface area contributed by atoms with E-state index in [1.807, 2.05) is 24.3 Å². The van der Waals surface area contributed by atoms with E-state index in [9.17, 15) is 13.2 Å². The molecule has 0 aliphatic carbocycles. The van der Waals surface area contributed by atoms with Gasteiger partial charge in [0.15, 0.2) is 0 Å². The zero-order chi connectivity index (χ0) is 25.1. The summed E-state index contributed by atoms with van der Waals surface area (Å²) in [6.07, 6.45) is 2.19. The highest BCUT2D eigenvalue weighted by atomic mass is 35.5. The molecule has 1 aliphatic heterocycles. The first-order valence-corrected chi connectivity index (χ1v) is 13.5. The third-order valence-corrected chi connectivity index (χ3v) is 8.56. The largest absolute Gasteiger partial charge is 0.487 e. The van der Waals surface area contributed by atoms with Crippen molar-refractivity contribution in [3.63, 3.8) is 0 Å². The van der Waals surface area contributed by atoms with Crippen molar-refractivity contribution in [2.75, 3.05) is 10.8 Å². The molecule has 0 saturated carbocycles. The SMILES string of the molecule is CCC1(CC)CC(NC(=O)CN(c2cccc(Cl)c2)S(=O)(=O)c2ccccc2)c2ccccc2O1. The highest BCUT2D eigenvalue weighted by Gasteiger charge is 2.39. The second-order valence-electron chi connectivity index (χ2n) is 8.66. The lowest BCUT2D eigenvalue weighted by Crippen LogP contribution is -2.47. The zero-order valence-corrected chi connectivity index (χ0v) is 21.4. The van der Waals surface area contributed by atoms with Crippen molar-refractivity contribution in [2.45, 2.75) is 49.6 Å². The molecule has 0 aromatic heterocycles. The van der Waals surface area contributed by atoms with E-state index in [4.69, 9.17) is 16.3 Å². The molecular formula is C27H29ClN2O4S. The van der Waals surface area contributed by atoms with Crippen LogP contribution in [-0.2, 0) is 14.8 Å². The minimum absolute atomic E-state index is 0.0974. The number of fused-ring (bicyclic) bond motifs is 1. The molecule has 0 spiro atoms. The average molecular weight is 513 g/mol. The van der Waals surface area contributed by atoms with Crippen LogP contribution in [0.3, 0.4) is 0 Å². The Labute approximate surface area is 211 Å². The molecule has 3 aromatic carbocycles. The van der Waals surface area contributed by atoms with Crippen LogP contribution in [0.5, 0.6) is 5.75 Å². The van der Waals surface area contributed by atoms with Gasteiger partial charge in [-0.3, -0.25) is 9.10 Å². The summed E-state index contributed by atoms with van der Waals surface area (Å²) in [6, 6.07) is 21.9. The molecule has 4 rings (SSSR count). The number of halogens is 1. The molecule has 184 valence electrons. The quantitative estimate of drug-likeness (QED) is 0.418. The summed E-state index contributed by atoms with van der Waals surface area (Å²) in [4.78, 5) is 13.5. The van der Waals surface area contributed by atoms with Gasteiger partial charge in [-0.1, -0.05) is 67.9 Å². The molecule has 0 fully saturated rings. The fourth-order valence-electron chi connectivity index (χ4n) is 4.47. The second kappa shape index (κ2) is 10.3. The number of rotatable bonds is 8. The Hall–Kier alpha value is -3.03. The molecule has 1 aliphatic rings. The Kier molecular flexibility index (Phi) is 7.38. The van der Waals surface area contributed by atoms with Crippen molar-refractivity contribution < 1.29 is 17.9 Å². The summed E-state index contributed by atoms with van der Waals surface area (Å²) in [7, 11) is -4.01. The van der Waals surface area contributed by atoms with Crippen LogP contribution >= 0.6 is 11.6 Å². The van der Waals surface area contributed by atoms with Crippen molar-refractivity contribution in [1.29, 1.82) is 0 Å². The molecule has 0 radical (unpaired) electrons. The van der Waals surface area contributed by atoms with Gasteiger partial charge in [0.1, 0.15) is 17.9 Å². The van der Waals surface area contributed by atoms with Crippen LogP contribution in [0.15, 0.2) is 83.8 Å². The number of nitrogens with one attached hydrogen (secondary N) is 1. The van der Waals surface area contributed by atoms with Crippen LogP contribution in [0, 0.1) is 0 Å². The minimum atomic E-state index is -4.01. The van der Waals surface area contributed by atoms with Gasteiger partial charge >= 0.3 is 0 Å². The molecule has 0 saturated heterocycles. The predicted molar refractivity (Wildman–Crippen MR) is 138 cm³/mol. The van der Waals surface area contributed by atoms with Gasteiger partial charge in [0, 0.05) is 17.0 Å². The number of para-hydroxylation sites is 1. The van der Waals surface area contributed by atoms with E-state index in [-0.39, 0.29) is 17.5 Å². The Morgan fingerprint density at radius 3 is 2.40 bits per heavy atom. The molecule has 35 heavy (non-hydrogen) atoms. The Balaban J connectivity index is 1.65. The normalized spacial score (nSPS) is 16.6. The number of carbonyl (C=O) groups excluding carboxylic acids is 1. The number of ether oxygens (including phenoxy) is 1. The van der Waals surface area contributed by atoms with E-state index in [0.29, 0.717) is 17.1 Å². The van der Waals surface area contributed by atoms with E-state index in [2.05, 4.69) is 19.2 Å². The van der Waals surface area contributed by atoms with Crippen molar-refractivity contribution in [3.05, 3.63) is 89.4 Å². The molecule has 3 aromatic rings. The number of carbonyl (C=O) groups is 1. The summed E-state index contributed by atoms with van der Waals surface area (Å²) >= 11 is 6.16. The van der Waals surface area contributed by atoms with E-state index >= 15 is 0 Å². The second-order valence-corrected chi connectivity index (χ2v) is 11.0. The first kappa shape index (κ1) is 25.1. The fraction of sp³-hybridized carbons (Fsp3) is 0.296. The monoisotopic (exact) mass is 512 g/mol. The van der Waals surface area contributed by atoms with Crippen molar-refractivity contribution in [2.24, 2.45) is 0 Å². The Bertz CT molecular complexity index is 1290. The predicted octanol–water partition coefficient (Wildman–Crippen LogP) is 5.73. The molecular weight excluding hydrogens is 484 g/mol. The molecule has 1 N–H and O–H groups in total. The molecule has 1 unspecified atom stereocenters. The third-order valence-electron chi connectivity index (χ3n) is 6.54. The van der Waals surface area contributed by atoms with E-state index in [1.54, 1.807) is 36.4 Å². The summed E-state index contributed by atoms with van der Waals surface area (Å²) in [5.74, 6) is 0.337. The van der Waals surface area contributed by atoms with E-state index in [1.165, 1.54) is 18.2 Å². The lowest BCUT2D eigenvalue weighted by atomic mass is 9.83. The van der Waals surface area contributed by atoms with Crippen LogP contribution in [0.2, 0.25) is 5.02 Å². The van der Waals surface area contributed by atoms with Crippen LogP contribution in [0.1, 0.15) is 44.7 Å². The van der Waals surface area contributed by atoms with Gasteiger partial charge in [-0.2, -0.15) is 0 Å². The maximum Gasteiger partial charge on any atom is 0.264 e. The van der Waals surface area contributed by atoms with E-state index in [0.717, 1.165) is 28.5 Å². The topological polar surface area (TPSA) is 75.7 Å². The summed E-state index contributed by atoms with van der Waals surface area (Å²) in [6.45, 7) is 3.76. The number of nitrogens with zero attached hydrogens (tertiary/aromatic N) is 1. The Morgan fingerprint density at radius 2 is 1.71 bits per heavy atom. The maximum absolute atomic E-state index is 13.5.